The molecular formula is C19H26N2. The van der Waals surface area contributed by atoms with E-state index < -0.39 is 0 Å². The number of hydrogen-bond donors (Lipinski definition) is 1. The second-order valence-electron chi connectivity index (χ2n) is 5.63. The summed E-state index contributed by atoms with van der Waals surface area (Å²) < 4.78 is 0. The normalized spacial score (nSPS) is 12.3. The first kappa shape index (κ1) is 15.7. The van der Waals surface area contributed by atoms with Crippen LogP contribution >= 0.6 is 0 Å². The molecule has 1 unspecified atom stereocenters. The van der Waals surface area contributed by atoms with Crippen molar-refractivity contribution in [2.45, 2.75) is 46.1 Å². The van der Waals surface area contributed by atoms with Crippen LogP contribution in [0.1, 0.15) is 48.7 Å². The zero-order chi connectivity index (χ0) is 15.1. The summed E-state index contributed by atoms with van der Waals surface area (Å²) in [4.78, 5) is 4.60. The number of benzene rings is 1. The standard InChI is InChI=1S/C19H26N2/c1-4-12-20-19(17-9-6-15(3)7-10-17)13-18-11-8-16(5-2)14-21-18/h6-11,14,19-20H,4-5,12-13H2,1-3H3. The quantitative estimate of drug-likeness (QED) is 0.821. The number of nitrogens with zero attached hydrogens (tertiary/aromatic N) is 1. The van der Waals surface area contributed by atoms with Gasteiger partial charge in [-0.15, -0.1) is 0 Å². The molecule has 1 aromatic heterocycles. The van der Waals surface area contributed by atoms with E-state index in [-0.39, 0.29) is 0 Å². The molecule has 0 bridgehead atoms. The summed E-state index contributed by atoms with van der Waals surface area (Å²) in [7, 11) is 0. The second kappa shape index (κ2) is 7.94. The molecule has 0 fully saturated rings. The largest absolute Gasteiger partial charge is 0.310 e. The third-order valence-electron chi connectivity index (χ3n) is 3.83. The second-order valence-corrected chi connectivity index (χ2v) is 5.63. The van der Waals surface area contributed by atoms with Gasteiger partial charge in [-0.3, -0.25) is 4.98 Å². The van der Waals surface area contributed by atoms with Gasteiger partial charge in [0.05, 0.1) is 0 Å². The Kier molecular flexibility index (Phi) is 5.94. The topological polar surface area (TPSA) is 24.9 Å². The molecule has 0 saturated heterocycles. The Bertz CT molecular complexity index is 528. The molecule has 2 nitrogen and oxygen atoms in total. The average Bonchev–Trinajstić information content (AvgIpc) is 2.53. The molecule has 0 saturated carbocycles. The van der Waals surface area contributed by atoms with E-state index in [1.165, 1.54) is 16.7 Å². The monoisotopic (exact) mass is 282 g/mol. The van der Waals surface area contributed by atoms with Gasteiger partial charge in [-0.1, -0.05) is 49.7 Å². The molecular weight excluding hydrogens is 256 g/mol. The van der Waals surface area contributed by atoms with Crippen molar-refractivity contribution in [2.24, 2.45) is 0 Å². The zero-order valence-electron chi connectivity index (χ0n) is 13.4. The van der Waals surface area contributed by atoms with Gasteiger partial charge in [0.1, 0.15) is 0 Å². The van der Waals surface area contributed by atoms with Gasteiger partial charge in [0.15, 0.2) is 0 Å². The minimum atomic E-state index is 0.338. The van der Waals surface area contributed by atoms with Crippen LogP contribution in [0, 0.1) is 6.92 Å². The Balaban J connectivity index is 2.13. The Morgan fingerprint density at radius 2 is 1.81 bits per heavy atom. The number of hydrogen-bond acceptors (Lipinski definition) is 2. The van der Waals surface area contributed by atoms with Crippen LogP contribution in [0.15, 0.2) is 42.6 Å². The minimum Gasteiger partial charge on any atom is -0.310 e. The summed E-state index contributed by atoms with van der Waals surface area (Å²) in [5.41, 5.74) is 5.10. The van der Waals surface area contributed by atoms with Crippen LogP contribution in [0.3, 0.4) is 0 Å². The third-order valence-corrected chi connectivity index (χ3v) is 3.83. The molecule has 112 valence electrons. The highest BCUT2D eigenvalue weighted by atomic mass is 14.9. The molecule has 2 aromatic rings. The minimum absolute atomic E-state index is 0.338. The smallest absolute Gasteiger partial charge is 0.0422 e. The highest BCUT2D eigenvalue weighted by Gasteiger charge is 2.12. The lowest BCUT2D eigenvalue weighted by Crippen LogP contribution is -2.24. The van der Waals surface area contributed by atoms with Gasteiger partial charge < -0.3 is 5.32 Å². The molecule has 1 heterocycles. The van der Waals surface area contributed by atoms with E-state index in [9.17, 15) is 0 Å². The first-order valence-corrected chi connectivity index (χ1v) is 7.96. The summed E-state index contributed by atoms with van der Waals surface area (Å²) in [6, 6.07) is 13.5. The molecule has 0 spiro atoms. The van der Waals surface area contributed by atoms with E-state index >= 15 is 0 Å². The fraction of sp³-hybridized carbons (Fsp3) is 0.421. The molecule has 1 aromatic carbocycles. The van der Waals surface area contributed by atoms with Crippen LogP contribution in [0.5, 0.6) is 0 Å². The van der Waals surface area contributed by atoms with Crippen LogP contribution in [0.2, 0.25) is 0 Å². The summed E-state index contributed by atoms with van der Waals surface area (Å²) in [6.45, 7) is 7.52. The van der Waals surface area contributed by atoms with Gasteiger partial charge in [-0.05, 0) is 43.5 Å². The van der Waals surface area contributed by atoms with Crippen molar-refractivity contribution in [3.63, 3.8) is 0 Å². The lowest BCUT2D eigenvalue weighted by atomic mass is 10.00. The fourth-order valence-corrected chi connectivity index (χ4v) is 2.42. The van der Waals surface area contributed by atoms with Crippen LogP contribution in [0.4, 0.5) is 0 Å². The number of nitrogens with one attached hydrogen (secondary N) is 1. The van der Waals surface area contributed by atoms with Crippen molar-refractivity contribution in [2.75, 3.05) is 6.54 Å². The summed E-state index contributed by atoms with van der Waals surface area (Å²) >= 11 is 0. The number of aryl methyl sites for hydroxylation is 2. The molecule has 0 radical (unpaired) electrons. The molecule has 2 rings (SSSR count). The van der Waals surface area contributed by atoms with Gasteiger partial charge in [-0.2, -0.15) is 0 Å². The zero-order valence-corrected chi connectivity index (χ0v) is 13.4. The van der Waals surface area contributed by atoms with E-state index in [0.717, 1.165) is 31.5 Å². The van der Waals surface area contributed by atoms with Crippen molar-refractivity contribution in [3.8, 4) is 0 Å². The summed E-state index contributed by atoms with van der Waals surface area (Å²) in [5.74, 6) is 0. The Labute approximate surface area is 128 Å². The van der Waals surface area contributed by atoms with Crippen LogP contribution in [-0.4, -0.2) is 11.5 Å². The van der Waals surface area contributed by atoms with E-state index in [1.54, 1.807) is 0 Å². The predicted octanol–water partition coefficient (Wildman–Crippen LogP) is 4.24. The first-order chi connectivity index (χ1) is 10.2. The van der Waals surface area contributed by atoms with Gasteiger partial charge in [0.2, 0.25) is 0 Å². The maximum absolute atomic E-state index is 4.60. The maximum atomic E-state index is 4.60. The third kappa shape index (κ3) is 4.68. The molecule has 0 amide bonds. The number of aromatic nitrogens is 1. The predicted molar refractivity (Wildman–Crippen MR) is 89.5 cm³/mol. The molecule has 21 heavy (non-hydrogen) atoms. The van der Waals surface area contributed by atoms with Crippen molar-refractivity contribution in [1.29, 1.82) is 0 Å². The molecule has 1 N–H and O–H groups in total. The molecule has 0 aliphatic carbocycles. The van der Waals surface area contributed by atoms with Crippen LogP contribution in [0.25, 0.3) is 0 Å². The average molecular weight is 282 g/mol. The van der Waals surface area contributed by atoms with Gasteiger partial charge >= 0.3 is 0 Å². The molecule has 0 aliphatic heterocycles. The van der Waals surface area contributed by atoms with Crippen molar-refractivity contribution in [1.82, 2.24) is 10.3 Å². The lowest BCUT2D eigenvalue weighted by Gasteiger charge is -2.19. The summed E-state index contributed by atoms with van der Waals surface area (Å²) in [5, 5.41) is 3.64. The Morgan fingerprint density at radius 3 is 2.38 bits per heavy atom. The van der Waals surface area contributed by atoms with Gasteiger partial charge in [-0.25, -0.2) is 0 Å². The van der Waals surface area contributed by atoms with Gasteiger partial charge in [0, 0.05) is 24.4 Å². The first-order valence-electron chi connectivity index (χ1n) is 7.96. The molecule has 0 aliphatic rings. The Hall–Kier alpha value is -1.67. The van der Waals surface area contributed by atoms with E-state index in [0.29, 0.717) is 6.04 Å². The number of pyridine rings is 1. The van der Waals surface area contributed by atoms with E-state index in [4.69, 9.17) is 0 Å². The number of rotatable bonds is 7. The van der Waals surface area contributed by atoms with Gasteiger partial charge in [0.25, 0.3) is 0 Å². The van der Waals surface area contributed by atoms with E-state index in [1.807, 2.05) is 6.20 Å². The molecule has 2 heteroatoms. The van der Waals surface area contributed by atoms with Crippen molar-refractivity contribution < 1.29 is 0 Å². The van der Waals surface area contributed by atoms with E-state index in [2.05, 4.69) is 67.5 Å². The fourth-order valence-electron chi connectivity index (χ4n) is 2.42. The highest BCUT2D eigenvalue weighted by Crippen LogP contribution is 2.18. The Morgan fingerprint density at radius 1 is 1.05 bits per heavy atom. The SMILES string of the molecule is CCCNC(Cc1ccc(CC)cn1)c1ccc(C)cc1. The highest BCUT2D eigenvalue weighted by molar-refractivity contribution is 5.26. The molecule has 1 atom stereocenters. The lowest BCUT2D eigenvalue weighted by molar-refractivity contribution is 0.524. The van der Waals surface area contributed by atoms with Crippen LogP contribution < -0.4 is 5.32 Å². The van der Waals surface area contributed by atoms with Crippen molar-refractivity contribution >= 4 is 0 Å². The van der Waals surface area contributed by atoms with Crippen molar-refractivity contribution in [3.05, 3.63) is 65.0 Å². The maximum Gasteiger partial charge on any atom is 0.0422 e. The van der Waals surface area contributed by atoms with Crippen LogP contribution in [-0.2, 0) is 12.8 Å². The summed E-state index contributed by atoms with van der Waals surface area (Å²) in [6.07, 6.45) is 5.13.